The number of pyridine rings is 1. The molecule has 0 bridgehead atoms. The minimum atomic E-state index is -1.27. The van der Waals surface area contributed by atoms with Gasteiger partial charge in [0.2, 0.25) is 0 Å². The molecule has 0 fully saturated rings. The topological polar surface area (TPSA) is 50.2 Å². The second kappa shape index (κ2) is 5.85. The molecule has 21 heavy (non-hydrogen) atoms. The minimum Gasteiger partial charge on any atom is -0.478 e. The summed E-state index contributed by atoms with van der Waals surface area (Å²) in [6.07, 6.45) is 1.81. The van der Waals surface area contributed by atoms with Crippen LogP contribution in [0.15, 0.2) is 46.5 Å². The highest BCUT2D eigenvalue weighted by atomic mass is 32.2. The summed E-state index contributed by atoms with van der Waals surface area (Å²) < 4.78 is 13.3. The van der Waals surface area contributed by atoms with Crippen molar-refractivity contribution < 1.29 is 14.3 Å². The molecule has 1 N–H and O–H groups in total. The maximum Gasteiger partial charge on any atom is 0.338 e. The van der Waals surface area contributed by atoms with Crippen molar-refractivity contribution in [3.63, 3.8) is 0 Å². The zero-order valence-electron chi connectivity index (χ0n) is 12.1. The van der Waals surface area contributed by atoms with E-state index in [1.165, 1.54) is 17.8 Å². The van der Waals surface area contributed by atoms with Gasteiger partial charge in [0.15, 0.2) is 0 Å². The van der Waals surface area contributed by atoms with E-state index in [0.717, 1.165) is 16.7 Å². The Bertz CT molecular complexity index is 663. The molecule has 1 aromatic carbocycles. The fraction of sp³-hybridized carbons (Fsp3) is 0.250. The summed E-state index contributed by atoms with van der Waals surface area (Å²) in [7, 11) is 0. The van der Waals surface area contributed by atoms with Crippen LogP contribution in [0.1, 0.15) is 36.7 Å². The van der Waals surface area contributed by atoms with Gasteiger partial charge in [-0.1, -0.05) is 38.6 Å². The first-order chi connectivity index (χ1) is 9.77. The minimum absolute atomic E-state index is 0.0303. The van der Waals surface area contributed by atoms with Crippen molar-refractivity contribution in [1.29, 1.82) is 0 Å². The summed E-state index contributed by atoms with van der Waals surface area (Å²) in [4.78, 5) is 15.9. The number of aromatic carboxylic acids is 1. The lowest BCUT2D eigenvalue weighted by molar-refractivity contribution is 0.0691. The van der Waals surface area contributed by atoms with Gasteiger partial charge in [0.05, 0.1) is 5.56 Å². The van der Waals surface area contributed by atoms with E-state index in [9.17, 15) is 9.18 Å². The number of aromatic nitrogens is 1. The monoisotopic (exact) mass is 305 g/mol. The van der Waals surface area contributed by atoms with Gasteiger partial charge in [-0.25, -0.2) is 14.2 Å². The van der Waals surface area contributed by atoms with Crippen molar-refractivity contribution in [3.05, 3.63) is 53.5 Å². The quantitative estimate of drug-likeness (QED) is 0.915. The molecule has 1 aromatic heterocycles. The van der Waals surface area contributed by atoms with E-state index in [2.05, 4.69) is 25.8 Å². The van der Waals surface area contributed by atoms with Crippen molar-refractivity contribution in [2.45, 2.75) is 36.1 Å². The van der Waals surface area contributed by atoms with Crippen LogP contribution >= 0.6 is 11.8 Å². The van der Waals surface area contributed by atoms with Crippen LogP contribution < -0.4 is 0 Å². The molecule has 5 heteroatoms. The molecular formula is C16H16FNO2S. The van der Waals surface area contributed by atoms with Gasteiger partial charge in [0.25, 0.3) is 0 Å². The summed E-state index contributed by atoms with van der Waals surface area (Å²) in [6.45, 7) is 6.32. The number of rotatable bonds is 3. The molecule has 110 valence electrons. The van der Waals surface area contributed by atoms with E-state index in [1.54, 1.807) is 6.07 Å². The number of halogens is 1. The van der Waals surface area contributed by atoms with E-state index in [4.69, 9.17) is 5.11 Å². The zero-order chi connectivity index (χ0) is 15.6. The van der Waals surface area contributed by atoms with Crippen molar-refractivity contribution in [2.24, 2.45) is 0 Å². The first-order valence-electron chi connectivity index (χ1n) is 6.44. The highest BCUT2D eigenvalue weighted by Crippen LogP contribution is 2.29. The Balaban J connectivity index is 2.22. The van der Waals surface area contributed by atoms with E-state index in [1.807, 2.05) is 18.3 Å². The Kier molecular flexibility index (Phi) is 4.32. The Hall–Kier alpha value is -1.88. The third-order valence-corrected chi connectivity index (χ3v) is 3.93. The average molecular weight is 305 g/mol. The van der Waals surface area contributed by atoms with Gasteiger partial charge in [-0.2, -0.15) is 0 Å². The molecule has 3 nitrogen and oxygen atoms in total. The average Bonchev–Trinajstić information content (AvgIpc) is 2.40. The van der Waals surface area contributed by atoms with Gasteiger partial charge in [-0.05, 0) is 35.2 Å². The Labute approximate surface area is 127 Å². The van der Waals surface area contributed by atoms with Crippen LogP contribution in [0.5, 0.6) is 0 Å². The number of hydrogen-bond donors (Lipinski definition) is 1. The second-order valence-corrected chi connectivity index (χ2v) is 6.78. The van der Waals surface area contributed by atoms with Crippen molar-refractivity contribution in [3.8, 4) is 0 Å². The molecule has 2 aromatic rings. The molecule has 0 saturated heterocycles. The molecule has 0 radical (unpaired) electrons. The van der Waals surface area contributed by atoms with E-state index < -0.39 is 11.8 Å². The molecule has 0 atom stereocenters. The molecule has 0 amide bonds. The van der Waals surface area contributed by atoms with Gasteiger partial charge < -0.3 is 5.11 Å². The van der Waals surface area contributed by atoms with Crippen molar-refractivity contribution in [2.75, 3.05) is 0 Å². The maximum absolute atomic E-state index is 13.3. The number of nitrogens with zero attached hydrogens (tertiary/aromatic N) is 1. The molecular weight excluding hydrogens is 289 g/mol. The molecule has 0 unspecified atom stereocenters. The van der Waals surface area contributed by atoms with E-state index in [0.29, 0.717) is 4.90 Å². The van der Waals surface area contributed by atoms with Crippen LogP contribution in [0, 0.1) is 5.82 Å². The summed E-state index contributed by atoms with van der Waals surface area (Å²) in [5.74, 6) is -2.01. The zero-order valence-corrected chi connectivity index (χ0v) is 12.9. The van der Waals surface area contributed by atoms with Crippen LogP contribution in [-0.4, -0.2) is 16.1 Å². The van der Waals surface area contributed by atoms with Crippen molar-refractivity contribution in [1.82, 2.24) is 4.98 Å². The lowest BCUT2D eigenvalue weighted by Gasteiger charge is -2.18. The standard InChI is InChI=1S/C16H16FNO2S/c1-16(2,3)10-4-7-14(18-9-10)21-11-5-6-13(17)12(8-11)15(19)20/h4-9H,1-3H3,(H,19,20). The molecule has 0 aliphatic heterocycles. The van der Waals surface area contributed by atoms with Crippen LogP contribution in [0.4, 0.5) is 4.39 Å². The fourth-order valence-electron chi connectivity index (χ4n) is 1.74. The number of carboxylic acids is 1. The third kappa shape index (κ3) is 3.82. The van der Waals surface area contributed by atoms with Crippen LogP contribution in [0.25, 0.3) is 0 Å². The number of carbonyl (C=O) groups is 1. The Morgan fingerprint density at radius 3 is 2.48 bits per heavy atom. The second-order valence-electron chi connectivity index (χ2n) is 5.68. The third-order valence-electron chi connectivity index (χ3n) is 2.99. The van der Waals surface area contributed by atoms with Gasteiger partial charge in [-0.3, -0.25) is 0 Å². The highest BCUT2D eigenvalue weighted by Gasteiger charge is 2.14. The van der Waals surface area contributed by atoms with Crippen molar-refractivity contribution >= 4 is 17.7 Å². The van der Waals surface area contributed by atoms with E-state index in [-0.39, 0.29) is 11.0 Å². The van der Waals surface area contributed by atoms with Crippen LogP contribution in [0.3, 0.4) is 0 Å². The molecule has 1 heterocycles. The first kappa shape index (κ1) is 15.5. The molecule has 2 rings (SSSR count). The summed E-state index contributed by atoms with van der Waals surface area (Å²) in [6, 6.07) is 7.91. The van der Waals surface area contributed by atoms with Crippen LogP contribution in [-0.2, 0) is 5.41 Å². The Morgan fingerprint density at radius 2 is 1.95 bits per heavy atom. The number of hydrogen-bond acceptors (Lipinski definition) is 3. The number of carboxylic acid groups (broad SMARTS) is 1. The summed E-state index contributed by atoms with van der Waals surface area (Å²) in [5, 5.41) is 9.66. The number of benzene rings is 1. The highest BCUT2D eigenvalue weighted by molar-refractivity contribution is 7.99. The van der Waals surface area contributed by atoms with Gasteiger partial charge in [-0.15, -0.1) is 0 Å². The maximum atomic E-state index is 13.3. The largest absolute Gasteiger partial charge is 0.478 e. The predicted octanol–water partition coefficient (Wildman–Crippen LogP) is 4.37. The lowest BCUT2D eigenvalue weighted by atomic mass is 9.88. The molecule has 0 spiro atoms. The van der Waals surface area contributed by atoms with Gasteiger partial charge in [0.1, 0.15) is 10.8 Å². The van der Waals surface area contributed by atoms with Crippen LogP contribution in [0.2, 0.25) is 0 Å². The van der Waals surface area contributed by atoms with E-state index >= 15 is 0 Å². The summed E-state index contributed by atoms with van der Waals surface area (Å²) >= 11 is 1.31. The SMILES string of the molecule is CC(C)(C)c1ccc(Sc2ccc(F)c(C(=O)O)c2)nc1. The predicted molar refractivity (Wildman–Crippen MR) is 80.4 cm³/mol. The molecule has 0 aliphatic carbocycles. The fourth-order valence-corrected chi connectivity index (χ4v) is 2.53. The Morgan fingerprint density at radius 1 is 1.24 bits per heavy atom. The first-order valence-corrected chi connectivity index (χ1v) is 7.26. The molecule has 0 saturated carbocycles. The smallest absolute Gasteiger partial charge is 0.338 e. The van der Waals surface area contributed by atoms with Gasteiger partial charge in [0, 0.05) is 11.1 Å². The normalized spacial score (nSPS) is 11.4. The van der Waals surface area contributed by atoms with Gasteiger partial charge >= 0.3 is 5.97 Å². The lowest BCUT2D eigenvalue weighted by Crippen LogP contribution is -2.11. The molecule has 0 aliphatic rings. The summed E-state index contributed by atoms with van der Waals surface area (Å²) in [5.41, 5.74) is 0.825.